The number of carboxylic acid groups (broad SMARTS) is 1. The summed E-state index contributed by atoms with van der Waals surface area (Å²) < 4.78 is 0. The van der Waals surface area contributed by atoms with E-state index in [-0.39, 0.29) is 0 Å². The smallest absolute Gasteiger partial charge is 0.248 e. The number of amides is 1. The zero-order valence-electron chi connectivity index (χ0n) is 7.87. The van der Waals surface area contributed by atoms with Crippen molar-refractivity contribution in [3.05, 3.63) is 40.4 Å². The molecule has 1 aromatic carbocycles. The normalized spacial score (nSPS) is 10.4. The molecule has 6 heteroatoms. The number of rotatable bonds is 3. The van der Waals surface area contributed by atoms with Crippen LogP contribution in [0.5, 0.6) is 0 Å². The Bertz CT molecular complexity index is 457. The molecular weight excluding hydrogens is 253 g/mol. The lowest BCUT2D eigenvalue weighted by Crippen LogP contribution is -2.20. The molecule has 0 aliphatic carbocycles. The molecule has 0 saturated carbocycles. The first-order valence-corrected chi connectivity index (χ1v) is 4.89. The monoisotopic (exact) mass is 258 g/mol. The third-order valence-electron chi connectivity index (χ3n) is 1.56. The van der Waals surface area contributed by atoms with Crippen molar-refractivity contribution in [1.29, 1.82) is 0 Å². The minimum atomic E-state index is -1.44. The summed E-state index contributed by atoms with van der Waals surface area (Å²) in [4.78, 5) is 21.2. The highest BCUT2D eigenvalue weighted by molar-refractivity contribution is 6.42. The Kier molecular flexibility index (Phi) is 4.34. The molecule has 0 aliphatic heterocycles. The van der Waals surface area contributed by atoms with Crippen molar-refractivity contribution in [2.45, 2.75) is 0 Å². The molecule has 1 rings (SSSR count). The largest absolute Gasteiger partial charge is 0.545 e. The van der Waals surface area contributed by atoms with Crippen molar-refractivity contribution in [3.63, 3.8) is 0 Å². The SMILES string of the molecule is O=C([O-])C=CC(=O)Nc1ccc(Cl)c(Cl)c1. The van der Waals surface area contributed by atoms with Gasteiger partial charge in [0.15, 0.2) is 0 Å². The van der Waals surface area contributed by atoms with Crippen molar-refractivity contribution in [3.8, 4) is 0 Å². The summed E-state index contributed by atoms with van der Waals surface area (Å²) in [7, 11) is 0. The highest BCUT2D eigenvalue weighted by Gasteiger charge is 2.01. The second kappa shape index (κ2) is 5.53. The number of nitrogens with one attached hydrogen (secondary N) is 1. The van der Waals surface area contributed by atoms with Crippen LogP contribution in [-0.4, -0.2) is 11.9 Å². The molecule has 0 aromatic heterocycles. The van der Waals surface area contributed by atoms with E-state index < -0.39 is 11.9 Å². The summed E-state index contributed by atoms with van der Waals surface area (Å²) in [5.74, 6) is -2.04. The standard InChI is InChI=1S/C10H7Cl2NO3/c11-7-2-1-6(5-8(7)12)13-9(14)3-4-10(15)16/h1-5H,(H,13,14)(H,15,16)/p-1. The molecule has 16 heavy (non-hydrogen) atoms. The number of hydrogen-bond acceptors (Lipinski definition) is 3. The molecule has 0 radical (unpaired) electrons. The lowest BCUT2D eigenvalue weighted by Gasteiger charge is -2.03. The Balaban J connectivity index is 2.70. The molecule has 0 saturated heterocycles. The number of carbonyl (C=O) groups is 2. The number of hydrogen-bond donors (Lipinski definition) is 1. The maximum Gasteiger partial charge on any atom is 0.248 e. The van der Waals surface area contributed by atoms with Crippen LogP contribution in [0.3, 0.4) is 0 Å². The molecule has 1 amide bonds. The van der Waals surface area contributed by atoms with Crippen molar-refractivity contribution >= 4 is 40.8 Å². The molecule has 0 atom stereocenters. The van der Waals surface area contributed by atoms with E-state index in [9.17, 15) is 14.7 Å². The summed E-state index contributed by atoms with van der Waals surface area (Å²) in [6, 6.07) is 4.51. The van der Waals surface area contributed by atoms with Crippen LogP contribution in [0.1, 0.15) is 0 Å². The maximum atomic E-state index is 11.1. The average molecular weight is 259 g/mol. The fourth-order valence-electron chi connectivity index (χ4n) is 0.902. The van der Waals surface area contributed by atoms with Crippen LogP contribution in [0, 0.1) is 0 Å². The predicted octanol–water partition coefficient (Wildman–Crippen LogP) is 1.24. The Hall–Kier alpha value is -1.52. The quantitative estimate of drug-likeness (QED) is 0.830. The van der Waals surface area contributed by atoms with Crippen molar-refractivity contribution in [2.24, 2.45) is 0 Å². The molecule has 4 nitrogen and oxygen atoms in total. The number of aliphatic carboxylic acids is 1. The molecule has 0 fully saturated rings. The van der Waals surface area contributed by atoms with E-state index in [2.05, 4.69) is 5.32 Å². The first-order chi connectivity index (χ1) is 7.49. The van der Waals surface area contributed by atoms with E-state index in [0.29, 0.717) is 21.8 Å². The Morgan fingerprint density at radius 3 is 2.44 bits per heavy atom. The molecule has 1 aromatic rings. The number of benzene rings is 1. The number of halogens is 2. The van der Waals surface area contributed by atoms with E-state index in [1.807, 2.05) is 0 Å². The summed E-state index contributed by atoms with van der Waals surface area (Å²) in [6.07, 6.45) is 1.48. The van der Waals surface area contributed by atoms with Gasteiger partial charge in [0.1, 0.15) is 0 Å². The molecule has 0 heterocycles. The molecule has 0 unspecified atom stereocenters. The van der Waals surface area contributed by atoms with Gasteiger partial charge in [0.2, 0.25) is 5.91 Å². The fraction of sp³-hybridized carbons (Fsp3) is 0. The van der Waals surface area contributed by atoms with E-state index in [0.717, 1.165) is 6.08 Å². The first-order valence-electron chi connectivity index (χ1n) is 4.14. The number of anilines is 1. The van der Waals surface area contributed by atoms with Gasteiger partial charge in [-0.2, -0.15) is 0 Å². The summed E-state index contributed by atoms with van der Waals surface area (Å²) in [6.45, 7) is 0. The Morgan fingerprint density at radius 2 is 1.88 bits per heavy atom. The number of carbonyl (C=O) groups excluding carboxylic acids is 2. The molecular formula is C10H6Cl2NO3-. The van der Waals surface area contributed by atoms with Gasteiger partial charge in [0.25, 0.3) is 0 Å². The van der Waals surface area contributed by atoms with Gasteiger partial charge in [-0.1, -0.05) is 23.2 Å². The van der Waals surface area contributed by atoms with E-state index in [1.54, 1.807) is 6.07 Å². The first kappa shape index (κ1) is 12.5. The van der Waals surface area contributed by atoms with Gasteiger partial charge in [-0.05, 0) is 24.3 Å². The summed E-state index contributed by atoms with van der Waals surface area (Å²) in [5, 5.41) is 13.1. The minimum Gasteiger partial charge on any atom is -0.545 e. The van der Waals surface area contributed by atoms with Crippen LogP contribution in [0.25, 0.3) is 0 Å². The lowest BCUT2D eigenvalue weighted by molar-refractivity contribution is -0.297. The second-order valence-corrected chi connectivity index (χ2v) is 3.58. The van der Waals surface area contributed by atoms with Crippen LogP contribution in [-0.2, 0) is 9.59 Å². The maximum absolute atomic E-state index is 11.1. The van der Waals surface area contributed by atoms with E-state index >= 15 is 0 Å². The van der Waals surface area contributed by atoms with Crippen LogP contribution < -0.4 is 10.4 Å². The van der Waals surface area contributed by atoms with Crippen molar-refractivity contribution in [1.82, 2.24) is 0 Å². The van der Waals surface area contributed by atoms with Gasteiger partial charge in [0, 0.05) is 11.8 Å². The molecule has 0 spiro atoms. The van der Waals surface area contributed by atoms with Crippen molar-refractivity contribution < 1.29 is 14.7 Å². The van der Waals surface area contributed by atoms with Gasteiger partial charge < -0.3 is 15.2 Å². The van der Waals surface area contributed by atoms with Gasteiger partial charge in [-0.25, -0.2) is 0 Å². The van der Waals surface area contributed by atoms with Gasteiger partial charge in [-0.15, -0.1) is 0 Å². The predicted molar refractivity (Wildman–Crippen MR) is 59.2 cm³/mol. The van der Waals surface area contributed by atoms with Gasteiger partial charge in [-0.3, -0.25) is 4.79 Å². The van der Waals surface area contributed by atoms with Crippen LogP contribution in [0.15, 0.2) is 30.4 Å². The summed E-state index contributed by atoms with van der Waals surface area (Å²) in [5.41, 5.74) is 0.419. The van der Waals surface area contributed by atoms with Crippen LogP contribution >= 0.6 is 23.2 Å². The second-order valence-electron chi connectivity index (χ2n) is 2.77. The summed E-state index contributed by atoms with van der Waals surface area (Å²) >= 11 is 11.4. The highest BCUT2D eigenvalue weighted by Crippen LogP contribution is 2.24. The lowest BCUT2D eigenvalue weighted by atomic mass is 10.3. The van der Waals surface area contributed by atoms with Crippen LogP contribution in [0.2, 0.25) is 10.0 Å². The highest BCUT2D eigenvalue weighted by atomic mass is 35.5. The minimum absolute atomic E-state index is 0.295. The molecule has 0 bridgehead atoms. The molecule has 84 valence electrons. The third kappa shape index (κ3) is 3.92. The van der Waals surface area contributed by atoms with Crippen molar-refractivity contribution in [2.75, 3.05) is 5.32 Å². The Labute approximate surface area is 101 Å². The fourth-order valence-corrected chi connectivity index (χ4v) is 1.20. The van der Waals surface area contributed by atoms with E-state index in [1.165, 1.54) is 12.1 Å². The van der Waals surface area contributed by atoms with Crippen LogP contribution in [0.4, 0.5) is 5.69 Å². The zero-order valence-corrected chi connectivity index (χ0v) is 9.38. The zero-order chi connectivity index (χ0) is 12.1. The Morgan fingerprint density at radius 1 is 1.19 bits per heavy atom. The number of carboxylic acids is 1. The molecule has 1 N–H and O–H groups in total. The van der Waals surface area contributed by atoms with Gasteiger partial charge in [0.05, 0.1) is 16.0 Å². The topological polar surface area (TPSA) is 69.2 Å². The molecule has 0 aliphatic rings. The van der Waals surface area contributed by atoms with E-state index in [4.69, 9.17) is 23.2 Å². The third-order valence-corrected chi connectivity index (χ3v) is 2.30. The average Bonchev–Trinajstić information content (AvgIpc) is 2.21. The van der Waals surface area contributed by atoms with Gasteiger partial charge >= 0.3 is 0 Å².